The molecule has 4 rings (SSSR count). The fraction of sp³-hybridized carbons (Fsp3) is 0.571. The van der Waals surface area contributed by atoms with Crippen LogP contribution in [0.5, 0.6) is 0 Å². The van der Waals surface area contributed by atoms with Crippen LogP contribution < -0.4 is 11.1 Å². The topological polar surface area (TPSA) is 41.3 Å². The summed E-state index contributed by atoms with van der Waals surface area (Å²) < 4.78 is 0. The summed E-state index contributed by atoms with van der Waals surface area (Å²) in [5, 5.41) is 3.65. The molecule has 3 fully saturated rings. The first-order chi connectivity index (χ1) is 8.24. The Balaban J connectivity index is 1.76. The maximum Gasteiger partial charge on any atom is 0.0579 e. The van der Waals surface area contributed by atoms with Crippen LogP contribution in [0.25, 0.3) is 0 Å². The van der Waals surface area contributed by atoms with E-state index in [1.165, 1.54) is 32.5 Å². The number of aryl methyl sites for hydroxylation is 1. The van der Waals surface area contributed by atoms with Gasteiger partial charge < -0.3 is 16.0 Å². The maximum atomic E-state index is 6.12. The predicted octanol–water partition coefficient (Wildman–Crippen LogP) is 2.08. The SMILES string of the molecule is Cc1cccc(NC2CN3CCC2CC3)c1N. The van der Waals surface area contributed by atoms with Gasteiger partial charge in [0.1, 0.15) is 0 Å². The fourth-order valence-electron chi connectivity index (χ4n) is 3.13. The van der Waals surface area contributed by atoms with Gasteiger partial charge >= 0.3 is 0 Å². The Bertz CT molecular complexity index is 408. The number of para-hydroxylation sites is 1. The van der Waals surface area contributed by atoms with Gasteiger partial charge in [-0.2, -0.15) is 0 Å². The molecule has 0 amide bonds. The number of nitrogens with two attached hydrogens (primary N) is 1. The third-order valence-electron chi connectivity index (χ3n) is 4.32. The van der Waals surface area contributed by atoms with Gasteiger partial charge in [-0.3, -0.25) is 0 Å². The van der Waals surface area contributed by atoms with E-state index in [4.69, 9.17) is 5.73 Å². The first kappa shape index (κ1) is 10.9. The molecule has 0 spiro atoms. The van der Waals surface area contributed by atoms with E-state index in [0.29, 0.717) is 6.04 Å². The molecule has 92 valence electrons. The number of nitrogens with one attached hydrogen (secondary N) is 1. The molecular formula is C14H21N3. The van der Waals surface area contributed by atoms with Gasteiger partial charge in [-0.05, 0) is 50.4 Å². The molecule has 3 nitrogen and oxygen atoms in total. The van der Waals surface area contributed by atoms with E-state index < -0.39 is 0 Å². The monoisotopic (exact) mass is 231 g/mol. The van der Waals surface area contributed by atoms with Gasteiger partial charge in [0.25, 0.3) is 0 Å². The molecule has 3 heterocycles. The van der Waals surface area contributed by atoms with Crippen molar-refractivity contribution in [1.29, 1.82) is 0 Å². The van der Waals surface area contributed by atoms with Crippen molar-refractivity contribution in [1.82, 2.24) is 4.90 Å². The second-order valence-corrected chi connectivity index (χ2v) is 5.43. The van der Waals surface area contributed by atoms with Gasteiger partial charge in [0.05, 0.1) is 11.4 Å². The lowest BCUT2D eigenvalue weighted by atomic mass is 9.84. The zero-order chi connectivity index (χ0) is 11.8. The van der Waals surface area contributed by atoms with Gasteiger partial charge in [0.2, 0.25) is 0 Å². The summed E-state index contributed by atoms with van der Waals surface area (Å²) in [4.78, 5) is 2.56. The average molecular weight is 231 g/mol. The highest BCUT2D eigenvalue weighted by molar-refractivity contribution is 5.69. The molecule has 2 bridgehead atoms. The number of fused-ring (bicyclic) bond motifs is 3. The van der Waals surface area contributed by atoms with Crippen LogP contribution in [-0.4, -0.2) is 30.6 Å². The van der Waals surface area contributed by atoms with Crippen molar-refractivity contribution in [2.24, 2.45) is 5.92 Å². The maximum absolute atomic E-state index is 6.12. The van der Waals surface area contributed by atoms with Crippen molar-refractivity contribution >= 4 is 11.4 Å². The lowest BCUT2D eigenvalue weighted by Gasteiger charge is -2.45. The van der Waals surface area contributed by atoms with Crippen molar-refractivity contribution in [3.05, 3.63) is 23.8 Å². The molecular weight excluding hydrogens is 210 g/mol. The average Bonchev–Trinajstić information content (AvgIpc) is 2.36. The summed E-state index contributed by atoms with van der Waals surface area (Å²) >= 11 is 0. The van der Waals surface area contributed by atoms with Crippen molar-refractivity contribution in [3.8, 4) is 0 Å². The van der Waals surface area contributed by atoms with E-state index in [-0.39, 0.29) is 0 Å². The van der Waals surface area contributed by atoms with Gasteiger partial charge in [0.15, 0.2) is 0 Å². The summed E-state index contributed by atoms with van der Waals surface area (Å²) in [6, 6.07) is 6.83. The van der Waals surface area contributed by atoms with Gasteiger partial charge in [-0.1, -0.05) is 12.1 Å². The third-order valence-corrected chi connectivity index (χ3v) is 4.32. The molecule has 1 aromatic carbocycles. The van der Waals surface area contributed by atoms with Crippen LogP contribution >= 0.6 is 0 Å². The molecule has 17 heavy (non-hydrogen) atoms. The zero-order valence-corrected chi connectivity index (χ0v) is 10.4. The normalized spacial score (nSPS) is 31.5. The van der Waals surface area contributed by atoms with Crippen LogP contribution in [0.3, 0.4) is 0 Å². The second-order valence-electron chi connectivity index (χ2n) is 5.43. The standard InChI is InChI=1S/C14H21N3/c1-10-3-2-4-12(14(10)15)16-13-9-17-7-5-11(13)6-8-17/h2-4,11,13,16H,5-9,15H2,1H3. The molecule has 1 aromatic rings. The van der Waals surface area contributed by atoms with Crippen LogP contribution in [0, 0.1) is 12.8 Å². The Kier molecular flexibility index (Phi) is 2.71. The van der Waals surface area contributed by atoms with Crippen LogP contribution in [0.4, 0.5) is 11.4 Å². The first-order valence-electron chi connectivity index (χ1n) is 6.58. The van der Waals surface area contributed by atoms with E-state index >= 15 is 0 Å². The quantitative estimate of drug-likeness (QED) is 0.766. The Labute approximate surface area is 103 Å². The Hall–Kier alpha value is -1.22. The summed E-state index contributed by atoms with van der Waals surface area (Å²) in [6.45, 7) is 5.81. The van der Waals surface area contributed by atoms with Crippen LogP contribution in [-0.2, 0) is 0 Å². The molecule has 0 aliphatic carbocycles. The molecule has 3 N–H and O–H groups in total. The number of piperidine rings is 3. The number of nitrogen functional groups attached to an aromatic ring is 1. The van der Waals surface area contributed by atoms with Gasteiger partial charge in [-0.15, -0.1) is 0 Å². The third kappa shape index (κ3) is 2.00. The van der Waals surface area contributed by atoms with Crippen molar-refractivity contribution in [2.45, 2.75) is 25.8 Å². The molecule has 3 aliphatic rings. The number of hydrogen-bond donors (Lipinski definition) is 2. The van der Waals surface area contributed by atoms with Crippen LogP contribution in [0.1, 0.15) is 18.4 Å². The number of nitrogens with zero attached hydrogens (tertiary/aromatic N) is 1. The molecule has 1 unspecified atom stereocenters. The fourth-order valence-corrected chi connectivity index (χ4v) is 3.13. The Morgan fingerprint density at radius 2 is 2.06 bits per heavy atom. The summed E-state index contributed by atoms with van der Waals surface area (Å²) in [5.74, 6) is 0.833. The van der Waals surface area contributed by atoms with E-state index in [1.54, 1.807) is 0 Å². The van der Waals surface area contributed by atoms with E-state index in [0.717, 1.165) is 22.9 Å². The highest BCUT2D eigenvalue weighted by atomic mass is 15.2. The second kappa shape index (κ2) is 4.22. The van der Waals surface area contributed by atoms with Crippen molar-refractivity contribution < 1.29 is 0 Å². The molecule has 0 saturated carbocycles. The minimum Gasteiger partial charge on any atom is -0.397 e. The number of benzene rings is 1. The summed E-state index contributed by atoms with van der Waals surface area (Å²) in [6.07, 6.45) is 2.67. The van der Waals surface area contributed by atoms with E-state index in [9.17, 15) is 0 Å². The smallest absolute Gasteiger partial charge is 0.0579 e. The van der Waals surface area contributed by atoms with E-state index in [1.807, 2.05) is 0 Å². The first-order valence-corrected chi connectivity index (χ1v) is 6.58. The van der Waals surface area contributed by atoms with Crippen LogP contribution in [0.2, 0.25) is 0 Å². The Morgan fingerprint density at radius 1 is 1.29 bits per heavy atom. The van der Waals surface area contributed by atoms with Crippen molar-refractivity contribution in [2.75, 3.05) is 30.7 Å². The molecule has 1 atom stereocenters. The van der Waals surface area contributed by atoms with Gasteiger partial charge in [0, 0.05) is 12.6 Å². The van der Waals surface area contributed by atoms with Crippen molar-refractivity contribution in [3.63, 3.8) is 0 Å². The zero-order valence-electron chi connectivity index (χ0n) is 10.4. The molecule has 3 saturated heterocycles. The molecule has 3 aliphatic heterocycles. The highest BCUT2D eigenvalue weighted by Crippen LogP contribution is 2.31. The number of anilines is 2. The highest BCUT2D eigenvalue weighted by Gasteiger charge is 2.34. The summed E-state index contributed by atoms with van der Waals surface area (Å²) in [5.41, 5.74) is 9.31. The molecule has 3 heteroatoms. The minimum atomic E-state index is 0.585. The predicted molar refractivity (Wildman–Crippen MR) is 72.2 cm³/mol. The lowest BCUT2D eigenvalue weighted by molar-refractivity contribution is 0.0975. The largest absolute Gasteiger partial charge is 0.397 e. The Morgan fingerprint density at radius 3 is 2.71 bits per heavy atom. The lowest BCUT2D eigenvalue weighted by Crippen LogP contribution is -2.53. The number of rotatable bonds is 2. The van der Waals surface area contributed by atoms with Gasteiger partial charge in [-0.25, -0.2) is 0 Å². The summed E-state index contributed by atoms with van der Waals surface area (Å²) in [7, 11) is 0. The minimum absolute atomic E-state index is 0.585. The van der Waals surface area contributed by atoms with E-state index in [2.05, 4.69) is 35.3 Å². The van der Waals surface area contributed by atoms with Crippen LogP contribution in [0.15, 0.2) is 18.2 Å². The number of hydrogen-bond acceptors (Lipinski definition) is 3. The molecule has 0 aromatic heterocycles. The molecule has 0 radical (unpaired) electrons.